The van der Waals surface area contributed by atoms with Gasteiger partial charge in [0.2, 0.25) is 0 Å². The summed E-state index contributed by atoms with van der Waals surface area (Å²) in [5, 5.41) is 0. The summed E-state index contributed by atoms with van der Waals surface area (Å²) in [7, 11) is 0. The number of aryl methyl sites for hydroxylation is 2. The molecule has 4 heteroatoms. The molecule has 1 aliphatic heterocycles. The number of cyclic esters (lactones) is 1. The van der Waals surface area contributed by atoms with Crippen LogP contribution in [0.4, 0.5) is 4.79 Å². The predicted octanol–water partition coefficient (Wildman–Crippen LogP) is 4.31. The number of rotatable bonds is 3. The van der Waals surface area contributed by atoms with Crippen molar-refractivity contribution in [2.45, 2.75) is 20.8 Å². The molecule has 0 saturated carbocycles. The predicted molar refractivity (Wildman–Crippen MR) is 93.2 cm³/mol. The van der Waals surface area contributed by atoms with Gasteiger partial charge in [-0.3, -0.25) is 4.79 Å². The second-order valence-electron chi connectivity index (χ2n) is 5.82. The number of carbonyl (C=O) groups excluding carboxylic acids is 2. The van der Waals surface area contributed by atoms with Gasteiger partial charge in [-0.1, -0.05) is 36.4 Å². The highest BCUT2D eigenvalue weighted by Crippen LogP contribution is 2.29. The Labute approximate surface area is 141 Å². The standard InChI is InChI=1S/C20H19NO3/c1-4-21-19(22)18(24-20(21)23)12-15-10-9-14(3)17(11-15)16-8-6-5-7-13(16)2/h5-12H,4H2,1-3H3/b18-12+. The van der Waals surface area contributed by atoms with Crippen molar-refractivity contribution in [3.8, 4) is 11.1 Å². The number of carbonyl (C=O) groups is 2. The lowest BCUT2D eigenvalue weighted by atomic mass is 9.95. The van der Waals surface area contributed by atoms with Gasteiger partial charge in [-0.2, -0.15) is 0 Å². The Morgan fingerprint density at radius 1 is 1.00 bits per heavy atom. The van der Waals surface area contributed by atoms with Gasteiger partial charge in [0.15, 0.2) is 5.76 Å². The van der Waals surface area contributed by atoms with Gasteiger partial charge in [-0.05, 0) is 60.7 Å². The van der Waals surface area contributed by atoms with Crippen LogP contribution in [-0.2, 0) is 9.53 Å². The van der Waals surface area contributed by atoms with E-state index in [1.165, 1.54) is 5.56 Å². The first-order valence-corrected chi connectivity index (χ1v) is 7.93. The third kappa shape index (κ3) is 2.83. The van der Waals surface area contributed by atoms with Crippen LogP contribution in [0.3, 0.4) is 0 Å². The average Bonchev–Trinajstić information content (AvgIpc) is 2.83. The van der Waals surface area contributed by atoms with Gasteiger partial charge in [0.25, 0.3) is 5.91 Å². The zero-order valence-electron chi connectivity index (χ0n) is 14.0. The van der Waals surface area contributed by atoms with Crippen LogP contribution in [-0.4, -0.2) is 23.4 Å². The van der Waals surface area contributed by atoms with Crippen LogP contribution in [0.5, 0.6) is 0 Å². The molecule has 2 amide bonds. The number of benzene rings is 2. The van der Waals surface area contributed by atoms with Crippen LogP contribution in [0, 0.1) is 13.8 Å². The van der Waals surface area contributed by atoms with Crippen LogP contribution in [0.1, 0.15) is 23.6 Å². The Morgan fingerprint density at radius 2 is 1.71 bits per heavy atom. The maximum absolute atomic E-state index is 12.1. The van der Waals surface area contributed by atoms with E-state index >= 15 is 0 Å². The minimum Gasteiger partial charge on any atom is -0.404 e. The van der Waals surface area contributed by atoms with Crippen LogP contribution >= 0.6 is 0 Å². The monoisotopic (exact) mass is 321 g/mol. The summed E-state index contributed by atoms with van der Waals surface area (Å²) in [5.74, 6) is -0.318. The summed E-state index contributed by atoms with van der Waals surface area (Å²) in [5.41, 5.74) is 5.42. The van der Waals surface area contributed by atoms with E-state index in [-0.39, 0.29) is 11.7 Å². The highest BCUT2D eigenvalue weighted by atomic mass is 16.6. The molecule has 24 heavy (non-hydrogen) atoms. The van der Waals surface area contributed by atoms with E-state index in [0.717, 1.165) is 27.2 Å². The van der Waals surface area contributed by atoms with E-state index in [9.17, 15) is 9.59 Å². The molecule has 2 aromatic carbocycles. The van der Waals surface area contributed by atoms with E-state index in [2.05, 4.69) is 26.0 Å². The smallest absolute Gasteiger partial charge is 0.404 e. The summed E-state index contributed by atoms with van der Waals surface area (Å²) in [6.07, 6.45) is 1.01. The fourth-order valence-corrected chi connectivity index (χ4v) is 2.82. The minimum absolute atomic E-state index is 0.0708. The van der Waals surface area contributed by atoms with Crippen LogP contribution in [0.2, 0.25) is 0 Å². The summed E-state index contributed by atoms with van der Waals surface area (Å²) >= 11 is 0. The van der Waals surface area contributed by atoms with Crippen molar-refractivity contribution in [2.75, 3.05) is 6.54 Å². The first-order chi connectivity index (χ1) is 11.5. The topological polar surface area (TPSA) is 46.6 Å². The van der Waals surface area contributed by atoms with Crippen molar-refractivity contribution in [3.63, 3.8) is 0 Å². The van der Waals surface area contributed by atoms with Crippen LogP contribution in [0.25, 0.3) is 17.2 Å². The molecule has 0 N–H and O–H groups in total. The van der Waals surface area contributed by atoms with E-state index in [0.29, 0.717) is 6.54 Å². The summed E-state index contributed by atoms with van der Waals surface area (Å²) in [4.78, 5) is 24.9. The zero-order chi connectivity index (χ0) is 17.3. The molecule has 3 rings (SSSR count). The number of amides is 2. The van der Waals surface area contributed by atoms with E-state index in [1.807, 2.05) is 30.3 Å². The number of hydrogen-bond donors (Lipinski definition) is 0. The number of hydrogen-bond acceptors (Lipinski definition) is 3. The normalized spacial score (nSPS) is 16.0. The highest BCUT2D eigenvalue weighted by molar-refractivity contribution is 6.09. The van der Waals surface area contributed by atoms with Gasteiger partial charge in [0, 0.05) is 6.54 Å². The fourth-order valence-electron chi connectivity index (χ4n) is 2.82. The molecular weight excluding hydrogens is 302 g/mol. The average molecular weight is 321 g/mol. The van der Waals surface area contributed by atoms with Crippen molar-refractivity contribution >= 4 is 18.1 Å². The molecule has 0 aromatic heterocycles. The Kier molecular flexibility index (Phi) is 4.21. The van der Waals surface area contributed by atoms with Gasteiger partial charge in [0.1, 0.15) is 0 Å². The molecule has 1 heterocycles. The van der Waals surface area contributed by atoms with Crippen molar-refractivity contribution in [2.24, 2.45) is 0 Å². The van der Waals surface area contributed by atoms with Gasteiger partial charge < -0.3 is 4.74 Å². The van der Waals surface area contributed by atoms with Gasteiger partial charge in [0.05, 0.1) is 0 Å². The number of nitrogens with zero attached hydrogens (tertiary/aromatic N) is 1. The first kappa shape index (κ1) is 16.0. The van der Waals surface area contributed by atoms with Crippen molar-refractivity contribution in [3.05, 3.63) is 64.9 Å². The van der Waals surface area contributed by atoms with E-state index < -0.39 is 6.09 Å². The molecule has 0 radical (unpaired) electrons. The van der Waals surface area contributed by atoms with Gasteiger partial charge in [-0.25, -0.2) is 9.69 Å². The highest BCUT2D eigenvalue weighted by Gasteiger charge is 2.35. The molecule has 0 spiro atoms. The Balaban J connectivity index is 2.01. The summed E-state index contributed by atoms with van der Waals surface area (Å²) in [6.45, 7) is 6.17. The summed E-state index contributed by atoms with van der Waals surface area (Å²) in [6, 6.07) is 14.1. The molecule has 122 valence electrons. The van der Waals surface area contributed by atoms with Crippen molar-refractivity contribution < 1.29 is 14.3 Å². The Morgan fingerprint density at radius 3 is 2.38 bits per heavy atom. The van der Waals surface area contributed by atoms with Gasteiger partial charge in [-0.15, -0.1) is 0 Å². The lowest BCUT2D eigenvalue weighted by molar-refractivity contribution is -0.123. The van der Waals surface area contributed by atoms with Crippen molar-refractivity contribution in [1.82, 2.24) is 4.90 Å². The minimum atomic E-state index is -0.611. The Bertz CT molecular complexity index is 852. The third-order valence-electron chi connectivity index (χ3n) is 4.18. The first-order valence-electron chi connectivity index (χ1n) is 7.93. The molecular formula is C20H19NO3. The van der Waals surface area contributed by atoms with E-state index in [4.69, 9.17) is 4.74 Å². The molecule has 0 atom stereocenters. The van der Waals surface area contributed by atoms with E-state index in [1.54, 1.807) is 13.0 Å². The third-order valence-corrected chi connectivity index (χ3v) is 4.18. The largest absolute Gasteiger partial charge is 0.422 e. The molecule has 0 bridgehead atoms. The lowest BCUT2D eigenvalue weighted by Crippen LogP contribution is -2.28. The molecule has 2 aromatic rings. The second kappa shape index (κ2) is 6.32. The molecule has 1 aliphatic rings. The molecule has 0 aliphatic carbocycles. The molecule has 1 fully saturated rings. The maximum Gasteiger partial charge on any atom is 0.422 e. The quantitative estimate of drug-likeness (QED) is 0.791. The van der Waals surface area contributed by atoms with Gasteiger partial charge >= 0.3 is 6.09 Å². The molecule has 1 saturated heterocycles. The number of ether oxygens (including phenoxy) is 1. The maximum atomic E-state index is 12.1. The second-order valence-corrected chi connectivity index (χ2v) is 5.82. The van der Waals surface area contributed by atoms with Crippen LogP contribution in [0.15, 0.2) is 48.2 Å². The van der Waals surface area contributed by atoms with Crippen LogP contribution < -0.4 is 0 Å². The zero-order valence-corrected chi connectivity index (χ0v) is 14.0. The molecule has 4 nitrogen and oxygen atoms in total. The lowest BCUT2D eigenvalue weighted by Gasteiger charge is -2.10. The van der Waals surface area contributed by atoms with Crippen molar-refractivity contribution in [1.29, 1.82) is 0 Å². The Hall–Kier alpha value is -2.88. The fraction of sp³-hybridized carbons (Fsp3) is 0.200. The number of likely N-dealkylation sites (N-methyl/N-ethyl adjacent to an activating group) is 1. The summed E-state index contributed by atoms with van der Waals surface area (Å²) < 4.78 is 5.08. The molecule has 0 unspecified atom stereocenters. The number of imide groups is 1. The SMILES string of the molecule is CCN1C(=O)O/C(=C/c2ccc(C)c(-c3ccccc3C)c2)C1=O.